The lowest BCUT2D eigenvalue weighted by Gasteiger charge is -1.98. The van der Waals surface area contributed by atoms with Crippen LogP contribution in [0.4, 0.5) is 0 Å². The van der Waals surface area contributed by atoms with Gasteiger partial charge in [-0.25, -0.2) is 0 Å². The monoisotopic (exact) mass is 424 g/mol. The lowest BCUT2D eigenvalue weighted by atomic mass is 10.1. The second-order valence-corrected chi connectivity index (χ2v) is 5.99. The summed E-state index contributed by atoms with van der Waals surface area (Å²) in [7, 11) is 0. The van der Waals surface area contributed by atoms with Crippen molar-refractivity contribution in [3.8, 4) is 12.1 Å². The highest BCUT2D eigenvalue weighted by atomic mass is 127. The Labute approximate surface area is 143 Å². The fourth-order valence-electron chi connectivity index (χ4n) is 1.96. The van der Waals surface area contributed by atoms with Crippen LogP contribution < -0.4 is 10.9 Å². The molecule has 1 aliphatic heterocycles. The quantitative estimate of drug-likeness (QED) is 0.520. The van der Waals surface area contributed by atoms with Gasteiger partial charge in [-0.3, -0.25) is 9.59 Å². The SMILES string of the molecule is I.N#Cc1sc2c(=O)c3ccccc3c(=O)c=2sc1C#N. The first-order valence-corrected chi connectivity index (χ1v) is 7.13. The normalized spacial score (nSPS) is 9.81. The molecule has 0 amide bonds. The summed E-state index contributed by atoms with van der Waals surface area (Å²) in [5.41, 5.74) is -0.533. The van der Waals surface area contributed by atoms with Crippen LogP contribution >= 0.6 is 46.7 Å². The Balaban J connectivity index is 0.00000161. The summed E-state index contributed by atoms with van der Waals surface area (Å²) in [6, 6.07) is 10.4. The van der Waals surface area contributed by atoms with Crippen LogP contribution in [0.2, 0.25) is 0 Å². The van der Waals surface area contributed by atoms with Crippen molar-refractivity contribution in [3.05, 3.63) is 63.5 Å². The van der Waals surface area contributed by atoms with Crippen molar-refractivity contribution in [3.63, 3.8) is 0 Å². The van der Waals surface area contributed by atoms with Gasteiger partial charge in [0.2, 0.25) is 10.9 Å². The molecule has 0 saturated carbocycles. The van der Waals surface area contributed by atoms with E-state index < -0.39 is 0 Å². The summed E-state index contributed by atoms with van der Waals surface area (Å²) in [5, 5.41) is 18.7. The first kappa shape index (κ1) is 15.6. The van der Waals surface area contributed by atoms with E-state index in [1.54, 1.807) is 24.3 Å². The van der Waals surface area contributed by atoms with E-state index in [2.05, 4.69) is 0 Å². The van der Waals surface area contributed by atoms with Crippen molar-refractivity contribution in [2.24, 2.45) is 0 Å². The zero-order valence-electron chi connectivity index (χ0n) is 10.2. The number of nitrogens with zero attached hydrogens (tertiary/aromatic N) is 2. The summed E-state index contributed by atoms with van der Waals surface area (Å²) in [6.45, 7) is 0. The Kier molecular flexibility index (Phi) is 4.37. The highest BCUT2D eigenvalue weighted by molar-refractivity contribution is 14.0. The molecule has 0 atom stereocenters. The van der Waals surface area contributed by atoms with Crippen LogP contribution in [0.1, 0.15) is 9.75 Å². The minimum Gasteiger partial charge on any atom is -0.288 e. The Morgan fingerprint density at radius 3 is 1.52 bits per heavy atom. The summed E-state index contributed by atoms with van der Waals surface area (Å²) in [5.74, 6) is 0. The number of nitriles is 2. The topological polar surface area (TPSA) is 81.7 Å². The molecule has 0 bridgehead atoms. The van der Waals surface area contributed by atoms with Gasteiger partial charge in [-0.2, -0.15) is 10.5 Å². The fraction of sp³-hybridized carbons (Fsp3) is 0. The van der Waals surface area contributed by atoms with E-state index in [9.17, 15) is 9.59 Å². The third-order valence-electron chi connectivity index (χ3n) is 2.85. The third kappa shape index (κ3) is 2.33. The first-order chi connectivity index (χ1) is 9.67. The highest BCUT2D eigenvalue weighted by Gasteiger charge is 2.12. The lowest BCUT2D eigenvalue weighted by Crippen LogP contribution is -2.13. The molecule has 0 saturated heterocycles. The van der Waals surface area contributed by atoms with E-state index in [-0.39, 0.29) is 53.7 Å². The molecule has 1 aromatic rings. The van der Waals surface area contributed by atoms with Gasteiger partial charge in [0.05, 0.1) is 9.06 Å². The van der Waals surface area contributed by atoms with E-state index in [4.69, 9.17) is 10.5 Å². The molecule has 1 aromatic carbocycles. The van der Waals surface area contributed by atoms with Crippen LogP contribution in [0.25, 0.3) is 10.8 Å². The maximum atomic E-state index is 12.4. The Morgan fingerprint density at radius 2 is 1.19 bits per heavy atom. The van der Waals surface area contributed by atoms with E-state index in [0.29, 0.717) is 10.8 Å². The summed E-state index contributed by atoms with van der Waals surface area (Å²) in [6.07, 6.45) is 0. The van der Waals surface area contributed by atoms with Crippen molar-refractivity contribution < 1.29 is 0 Å². The maximum Gasteiger partial charge on any atom is 0.205 e. The van der Waals surface area contributed by atoms with Crippen molar-refractivity contribution in [1.82, 2.24) is 0 Å². The van der Waals surface area contributed by atoms with E-state index in [1.165, 1.54) is 0 Å². The second-order valence-electron chi connectivity index (χ2n) is 3.95. The zero-order chi connectivity index (χ0) is 14.3. The zero-order valence-corrected chi connectivity index (χ0v) is 14.2. The molecule has 0 N–H and O–H groups in total. The second kappa shape index (κ2) is 5.90. The Morgan fingerprint density at radius 1 is 0.810 bits per heavy atom. The molecule has 7 heteroatoms. The molecule has 3 rings (SSSR count). The Hall–Kier alpha value is -1.81. The van der Waals surface area contributed by atoms with Gasteiger partial charge in [0, 0.05) is 10.8 Å². The van der Waals surface area contributed by atoms with Gasteiger partial charge in [-0.05, 0) is 0 Å². The van der Waals surface area contributed by atoms with Gasteiger partial charge >= 0.3 is 0 Å². The summed E-state index contributed by atoms with van der Waals surface area (Å²) in [4.78, 5) is 25.1. The summed E-state index contributed by atoms with van der Waals surface area (Å²) >= 11 is 1.82. The molecule has 2 aliphatic rings. The van der Waals surface area contributed by atoms with Crippen molar-refractivity contribution in [2.45, 2.75) is 0 Å². The highest BCUT2D eigenvalue weighted by Crippen LogP contribution is 2.20. The van der Waals surface area contributed by atoms with Gasteiger partial charge < -0.3 is 0 Å². The minimum atomic E-state index is -0.266. The van der Waals surface area contributed by atoms with Crippen molar-refractivity contribution in [2.75, 3.05) is 0 Å². The van der Waals surface area contributed by atoms with E-state index >= 15 is 0 Å². The number of fused-ring (bicyclic) bond motifs is 1. The molecule has 0 fully saturated rings. The first-order valence-electron chi connectivity index (χ1n) is 5.50. The predicted octanol–water partition coefficient (Wildman–Crippen LogP) is 2.77. The van der Waals surface area contributed by atoms with Gasteiger partial charge in [0.25, 0.3) is 0 Å². The van der Waals surface area contributed by atoms with Gasteiger partial charge in [0.1, 0.15) is 21.9 Å². The number of benzene rings is 1. The van der Waals surface area contributed by atoms with Crippen LogP contribution in [0.5, 0.6) is 0 Å². The van der Waals surface area contributed by atoms with Crippen LogP contribution in [0.3, 0.4) is 0 Å². The molecule has 0 spiro atoms. The van der Waals surface area contributed by atoms with Gasteiger partial charge in [-0.1, -0.05) is 24.3 Å². The molecular weight excluding hydrogens is 419 g/mol. The van der Waals surface area contributed by atoms with Crippen molar-refractivity contribution >= 4 is 57.4 Å². The third-order valence-corrected chi connectivity index (χ3v) is 5.30. The number of halogens is 1. The van der Waals surface area contributed by atoms with Crippen molar-refractivity contribution in [1.29, 1.82) is 10.5 Å². The fourth-order valence-corrected chi connectivity index (χ4v) is 4.01. The minimum absolute atomic E-state index is 0. The largest absolute Gasteiger partial charge is 0.288 e. The average molecular weight is 424 g/mol. The van der Waals surface area contributed by atoms with E-state index in [0.717, 1.165) is 22.7 Å². The number of rotatable bonds is 0. The molecule has 1 aliphatic carbocycles. The molecule has 102 valence electrons. The molecule has 21 heavy (non-hydrogen) atoms. The van der Waals surface area contributed by atoms with Gasteiger partial charge in [0.15, 0.2) is 0 Å². The Bertz CT molecular complexity index is 1030. The standard InChI is InChI=1S/C14H4N2O2S2.HI/c15-5-9-10(6-16)20-14-12(18)8-4-2-1-3-7(8)11(17)13(14)19-9;/h1-4H;1H. The van der Waals surface area contributed by atoms with Crippen LogP contribution in [0, 0.1) is 31.7 Å². The molecule has 4 nitrogen and oxygen atoms in total. The molecule has 0 radical (unpaired) electrons. The maximum absolute atomic E-state index is 12.4. The number of hydrogen-bond donors (Lipinski definition) is 0. The molecule has 0 aromatic heterocycles. The molecule has 0 unspecified atom stereocenters. The predicted molar refractivity (Wildman–Crippen MR) is 92.4 cm³/mol. The smallest absolute Gasteiger partial charge is 0.205 e. The number of hydrogen-bond acceptors (Lipinski definition) is 6. The molecular formula is C14H5IN2O2S2. The van der Waals surface area contributed by atoms with E-state index in [1.807, 2.05) is 12.1 Å². The molecule has 1 heterocycles. The summed E-state index contributed by atoms with van der Waals surface area (Å²) < 4.78 is 0.489. The van der Waals surface area contributed by atoms with Crippen LogP contribution in [-0.2, 0) is 0 Å². The average Bonchev–Trinajstić information content (AvgIpc) is 2.51. The van der Waals surface area contributed by atoms with Gasteiger partial charge in [-0.15, -0.1) is 46.7 Å². The lowest BCUT2D eigenvalue weighted by molar-refractivity contribution is 1.49. The van der Waals surface area contributed by atoms with Crippen LogP contribution in [0.15, 0.2) is 33.9 Å². The van der Waals surface area contributed by atoms with Crippen LogP contribution in [-0.4, -0.2) is 0 Å².